The molecule has 1 amide bonds. The molecule has 0 radical (unpaired) electrons. The molecule has 0 saturated carbocycles. The molecule has 1 fully saturated rings. The van der Waals surface area contributed by atoms with E-state index in [0.717, 1.165) is 0 Å². The van der Waals surface area contributed by atoms with E-state index in [2.05, 4.69) is 15.3 Å². The zero-order valence-corrected chi connectivity index (χ0v) is 11.3. The topological polar surface area (TPSA) is 111 Å². The molecule has 1 aliphatic rings. The number of methoxy groups -OCH3 is 1. The Labute approximate surface area is 119 Å². The molecule has 1 aliphatic heterocycles. The summed E-state index contributed by atoms with van der Waals surface area (Å²) in [6, 6.07) is 1.39. The summed E-state index contributed by atoms with van der Waals surface area (Å²) < 4.78 is 10.0. The van der Waals surface area contributed by atoms with Gasteiger partial charge in [0.05, 0.1) is 7.11 Å². The lowest BCUT2D eigenvalue weighted by Crippen LogP contribution is -2.30. The van der Waals surface area contributed by atoms with E-state index < -0.39 is 24.1 Å². The van der Waals surface area contributed by atoms with Crippen LogP contribution in [0.3, 0.4) is 0 Å². The zero-order chi connectivity index (χ0) is 14.7. The number of rotatable bonds is 4. The van der Waals surface area contributed by atoms with Crippen LogP contribution in [0.25, 0.3) is 0 Å². The smallest absolute Gasteiger partial charge is 0.332 e. The minimum atomic E-state index is -1.08. The average Bonchev–Trinajstić information content (AvgIpc) is 2.87. The van der Waals surface area contributed by atoms with Crippen molar-refractivity contribution in [2.45, 2.75) is 25.0 Å². The number of carbonyl (C=O) groups is 2. The van der Waals surface area contributed by atoms with Gasteiger partial charge in [-0.2, -0.15) is 4.98 Å². The number of anilines is 1. The van der Waals surface area contributed by atoms with E-state index in [9.17, 15) is 9.59 Å². The predicted molar refractivity (Wildman–Crippen MR) is 67.8 cm³/mol. The largest absolute Gasteiger partial charge is 0.481 e. The van der Waals surface area contributed by atoms with E-state index in [-0.39, 0.29) is 23.4 Å². The number of carboxylic acids is 1. The van der Waals surface area contributed by atoms with Gasteiger partial charge in [0.2, 0.25) is 11.8 Å². The number of hydrogen-bond acceptors (Lipinski definition) is 6. The van der Waals surface area contributed by atoms with Crippen LogP contribution in [0.15, 0.2) is 6.07 Å². The number of nitrogens with zero attached hydrogens (tertiary/aromatic N) is 2. The summed E-state index contributed by atoms with van der Waals surface area (Å²) in [5.41, 5.74) is 0. The standard InChI is InChI=1S/C11H12ClN3O5/c1-19-8-4-7(12)13-11(14-8)15-9(16)5-2-3-6(20-5)10(17)18/h4-6H,2-3H2,1H3,(H,17,18)(H,13,14,15,16)/t5-,6+/m0/s1. The Kier molecular flexibility index (Phi) is 4.35. The summed E-state index contributed by atoms with van der Waals surface area (Å²) in [4.78, 5) is 30.4. The second-order valence-corrected chi connectivity index (χ2v) is 4.46. The van der Waals surface area contributed by atoms with Gasteiger partial charge in [0.15, 0.2) is 6.10 Å². The van der Waals surface area contributed by atoms with Gasteiger partial charge in [-0.3, -0.25) is 10.1 Å². The number of aromatic nitrogens is 2. The van der Waals surface area contributed by atoms with E-state index in [1.165, 1.54) is 13.2 Å². The second-order valence-electron chi connectivity index (χ2n) is 4.07. The molecule has 1 aromatic rings. The minimum absolute atomic E-state index is 0.0262. The summed E-state index contributed by atoms with van der Waals surface area (Å²) >= 11 is 5.75. The molecular formula is C11H12ClN3O5. The van der Waals surface area contributed by atoms with Crippen molar-refractivity contribution in [3.63, 3.8) is 0 Å². The number of hydrogen-bond donors (Lipinski definition) is 2. The molecule has 108 valence electrons. The van der Waals surface area contributed by atoms with Crippen LogP contribution >= 0.6 is 11.6 Å². The average molecular weight is 302 g/mol. The van der Waals surface area contributed by atoms with E-state index in [0.29, 0.717) is 6.42 Å². The predicted octanol–water partition coefficient (Wildman–Crippen LogP) is 0.709. The summed E-state index contributed by atoms with van der Waals surface area (Å²) in [5.74, 6) is -1.42. The second kappa shape index (κ2) is 6.02. The number of nitrogens with one attached hydrogen (secondary N) is 1. The number of amides is 1. The first-order valence-electron chi connectivity index (χ1n) is 5.77. The monoisotopic (exact) mass is 301 g/mol. The van der Waals surface area contributed by atoms with E-state index in [1.54, 1.807) is 0 Å². The van der Waals surface area contributed by atoms with Crippen LogP contribution in [0.1, 0.15) is 12.8 Å². The molecule has 8 nitrogen and oxygen atoms in total. The number of carboxylic acid groups (broad SMARTS) is 1. The normalized spacial score (nSPS) is 21.5. The highest BCUT2D eigenvalue weighted by Crippen LogP contribution is 2.22. The quantitative estimate of drug-likeness (QED) is 0.788. The molecule has 2 heterocycles. The molecule has 20 heavy (non-hydrogen) atoms. The van der Waals surface area contributed by atoms with Gasteiger partial charge < -0.3 is 14.6 Å². The van der Waals surface area contributed by atoms with Crippen molar-refractivity contribution in [1.29, 1.82) is 0 Å². The molecule has 0 aromatic carbocycles. The molecule has 2 rings (SSSR count). The van der Waals surface area contributed by atoms with Crippen LogP contribution in [-0.2, 0) is 14.3 Å². The summed E-state index contributed by atoms with van der Waals surface area (Å²) in [6.45, 7) is 0. The Bertz CT molecular complexity index is 539. The third kappa shape index (κ3) is 3.34. The Morgan fingerprint density at radius 1 is 1.45 bits per heavy atom. The fraction of sp³-hybridized carbons (Fsp3) is 0.455. The Morgan fingerprint density at radius 3 is 2.75 bits per heavy atom. The van der Waals surface area contributed by atoms with Crippen LogP contribution in [0.4, 0.5) is 5.95 Å². The molecular weight excluding hydrogens is 290 g/mol. The van der Waals surface area contributed by atoms with Crippen molar-refractivity contribution < 1.29 is 24.2 Å². The molecule has 0 aliphatic carbocycles. The van der Waals surface area contributed by atoms with Gasteiger partial charge >= 0.3 is 5.97 Å². The van der Waals surface area contributed by atoms with Crippen LogP contribution in [0.2, 0.25) is 5.15 Å². The van der Waals surface area contributed by atoms with E-state index >= 15 is 0 Å². The fourth-order valence-electron chi connectivity index (χ4n) is 1.76. The van der Waals surface area contributed by atoms with Gasteiger partial charge in [0.25, 0.3) is 5.91 Å². The summed E-state index contributed by atoms with van der Waals surface area (Å²) in [5, 5.41) is 11.3. The van der Waals surface area contributed by atoms with Crippen LogP contribution in [0.5, 0.6) is 5.88 Å². The van der Waals surface area contributed by atoms with E-state index in [4.69, 9.17) is 26.2 Å². The van der Waals surface area contributed by atoms with Gasteiger partial charge in [-0.1, -0.05) is 11.6 Å². The molecule has 9 heteroatoms. The summed E-state index contributed by atoms with van der Waals surface area (Å²) in [7, 11) is 1.40. The molecule has 1 saturated heterocycles. The van der Waals surface area contributed by atoms with Crippen LogP contribution < -0.4 is 10.1 Å². The first-order chi connectivity index (χ1) is 9.49. The van der Waals surface area contributed by atoms with Crippen LogP contribution in [-0.4, -0.2) is 46.3 Å². The zero-order valence-electron chi connectivity index (χ0n) is 10.5. The molecule has 2 atom stereocenters. The van der Waals surface area contributed by atoms with Gasteiger partial charge in [-0.25, -0.2) is 9.78 Å². The number of ether oxygens (including phenoxy) is 2. The lowest BCUT2D eigenvalue weighted by Gasteiger charge is -2.11. The fourth-order valence-corrected chi connectivity index (χ4v) is 1.93. The first-order valence-corrected chi connectivity index (χ1v) is 6.15. The lowest BCUT2D eigenvalue weighted by molar-refractivity contribution is -0.150. The molecule has 1 aromatic heterocycles. The van der Waals surface area contributed by atoms with Crippen molar-refractivity contribution >= 4 is 29.4 Å². The van der Waals surface area contributed by atoms with Gasteiger partial charge in [0.1, 0.15) is 11.3 Å². The highest BCUT2D eigenvalue weighted by Gasteiger charge is 2.35. The molecule has 2 N–H and O–H groups in total. The van der Waals surface area contributed by atoms with Crippen molar-refractivity contribution in [3.05, 3.63) is 11.2 Å². The first kappa shape index (κ1) is 14.5. The molecule has 0 spiro atoms. The Morgan fingerprint density at radius 2 is 2.15 bits per heavy atom. The summed E-state index contributed by atoms with van der Waals surface area (Å²) in [6.07, 6.45) is -1.20. The van der Waals surface area contributed by atoms with Crippen molar-refractivity contribution in [2.24, 2.45) is 0 Å². The van der Waals surface area contributed by atoms with Gasteiger partial charge in [-0.15, -0.1) is 0 Å². The number of halogens is 1. The maximum atomic E-state index is 11.9. The van der Waals surface area contributed by atoms with Crippen molar-refractivity contribution in [1.82, 2.24) is 9.97 Å². The van der Waals surface area contributed by atoms with Gasteiger partial charge in [-0.05, 0) is 12.8 Å². The van der Waals surface area contributed by atoms with Crippen molar-refractivity contribution in [2.75, 3.05) is 12.4 Å². The maximum Gasteiger partial charge on any atom is 0.332 e. The SMILES string of the molecule is COc1cc(Cl)nc(NC(=O)[C@@H]2CC[C@H](C(=O)O)O2)n1. The lowest BCUT2D eigenvalue weighted by atomic mass is 10.2. The minimum Gasteiger partial charge on any atom is -0.481 e. The van der Waals surface area contributed by atoms with E-state index in [1.807, 2.05) is 0 Å². The number of aliphatic carboxylic acids is 1. The third-order valence-electron chi connectivity index (χ3n) is 2.70. The molecule has 0 bridgehead atoms. The number of carbonyl (C=O) groups excluding carboxylic acids is 1. The highest BCUT2D eigenvalue weighted by molar-refractivity contribution is 6.29. The highest BCUT2D eigenvalue weighted by atomic mass is 35.5. The Hall–Kier alpha value is -1.93. The Balaban J connectivity index is 2.02. The van der Waals surface area contributed by atoms with Gasteiger partial charge in [0, 0.05) is 6.07 Å². The molecule has 0 unspecified atom stereocenters. The maximum absolute atomic E-state index is 11.9. The van der Waals surface area contributed by atoms with Crippen LogP contribution in [0, 0.1) is 0 Å². The van der Waals surface area contributed by atoms with Crippen molar-refractivity contribution in [3.8, 4) is 5.88 Å². The third-order valence-corrected chi connectivity index (χ3v) is 2.90.